The Kier molecular flexibility index (Phi) is 2.84. The van der Waals surface area contributed by atoms with Crippen LogP contribution in [0.4, 0.5) is 0 Å². The van der Waals surface area contributed by atoms with Gasteiger partial charge in [-0.2, -0.15) is 0 Å². The molecule has 0 aliphatic heterocycles. The number of benzene rings is 1. The zero-order valence-corrected chi connectivity index (χ0v) is 6.71. The molecule has 0 aromatic heterocycles. The van der Waals surface area contributed by atoms with Crippen LogP contribution in [0.1, 0.15) is 18.9 Å². The van der Waals surface area contributed by atoms with Crippen molar-refractivity contribution in [3.05, 3.63) is 35.9 Å². The maximum Gasteiger partial charge on any atom is 0.130 e. The quantitative estimate of drug-likeness (QED) is 0.640. The lowest BCUT2D eigenvalue weighted by Crippen LogP contribution is -1.92. The zero-order valence-electron chi connectivity index (χ0n) is 6.71. The van der Waals surface area contributed by atoms with E-state index in [1.165, 1.54) is 5.56 Å². The molecule has 0 amide bonds. The summed E-state index contributed by atoms with van der Waals surface area (Å²) in [6.45, 7) is 1.63. The van der Waals surface area contributed by atoms with Gasteiger partial charge >= 0.3 is 0 Å². The van der Waals surface area contributed by atoms with E-state index in [-0.39, 0.29) is 5.78 Å². The minimum Gasteiger partial charge on any atom is -0.300 e. The molecular weight excluding hydrogens is 135 g/mol. The van der Waals surface area contributed by atoms with Gasteiger partial charge in [-0.1, -0.05) is 30.3 Å². The van der Waals surface area contributed by atoms with Gasteiger partial charge in [-0.3, -0.25) is 0 Å². The van der Waals surface area contributed by atoms with E-state index in [9.17, 15) is 4.79 Å². The van der Waals surface area contributed by atoms with Crippen molar-refractivity contribution in [2.45, 2.75) is 19.8 Å². The first-order valence-electron chi connectivity index (χ1n) is 3.82. The summed E-state index contributed by atoms with van der Waals surface area (Å²) >= 11 is 0. The number of hydrogen-bond donors (Lipinski definition) is 0. The van der Waals surface area contributed by atoms with E-state index in [1.54, 1.807) is 6.92 Å². The van der Waals surface area contributed by atoms with Gasteiger partial charge in [0.05, 0.1) is 0 Å². The number of ketones is 1. The summed E-state index contributed by atoms with van der Waals surface area (Å²) in [6, 6.07) is 10.1. The third-order valence-corrected chi connectivity index (χ3v) is 1.61. The molecular formula is C10H12O. The lowest BCUT2D eigenvalue weighted by molar-refractivity contribution is -0.116. The molecule has 1 nitrogen and oxygen atoms in total. The Morgan fingerprint density at radius 2 is 1.91 bits per heavy atom. The average Bonchev–Trinajstić information content (AvgIpc) is 2.03. The fourth-order valence-electron chi connectivity index (χ4n) is 0.965. The lowest BCUT2D eigenvalue weighted by atomic mass is 10.0. The maximum absolute atomic E-state index is 10.6. The van der Waals surface area contributed by atoms with Crippen molar-refractivity contribution in [2.75, 3.05) is 0 Å². The molecule has 1 aromatic carbocycles. The van der Waals surface area contributed by atoms with Gasteiger partial charge < -0.3 is 4.79 Å². The largest absolute Gasteiger partial charge is 0.300 e. The highest BCUT2D eigenvalue weighted by Crippen LogP contribution is 2.01. The minimum absolute atomic E-state index is 0.258. The monoisotopic (exact) mass is 147 g/mol. The molecule has 1 heteroatoms. The second-order valence-corrected chi connectivity index (χ2v) is 2.69. The molecule has 0 radical (unpaired) electrons. The van der Waals surface area contributed by atoms with Crippen molar-refractivity contribution in [3.63, 3.8) is 0 Å². The van der Waals surface area contributed by atoms with Crippen molar-refractivity contribution in [1.29, 1.82) is 0 Å². The number of Topliss-reactive ketones (excluding diaryl/α,β-unsaturated/α-hetero) is 1. The Morgan fingerprint density at radius 1 is 1.27 bits per heavy atom. The van der Waals surface area contributed by atoms with Gasteiger partial charge in [0.25, 0.3) is 0 Å². The smallest absolute Gasteiger partial charge is 0.130 e. The van der Waals surface area contributed by atoms with Crippen molar-refractivity contribution in [2.24, 2.45) is 0 Å². The third kappa shape index (κ3) is 2.99. The molecule has 0 aliphatic rings. The number of carbonyl (C=O) groups is 1. The molecule has 0 N–H and O–H groups in total. The van der Waals surface area contributed by atoms with E-state index in [4.69, 9.17) is 0 Å². The Labute approximate surface area is 67.1 Å². The van der Waals surface area contributed by atoms with Crippen LogP contribution in [-0.4, -0.2) is 5.78 Å². The summed E-state index contributed by atoms with van der Waals surface area (Å²) in [5.41, 5.74) is 1.24. The number of hydrogen-bond acceptors (Lipinski definition) is 1. The van der Waals surface area contributed by atoms with Crippen LogP contribution in [0.5, 0.6) is 0 Å². The highest BCUT2D eigenvalue weighted by molar-refractivity contribution is 5.75. The topological polar surface area (TPSA) is 17.1 Å². The van der Waals surface area contributed by atoms with E-state index < -0.39 is 0 Å². The summed E-state index contributed by atoms with van der Waals surface area (Å²) in [4.78, 5) is 10.6. The fourth-order valence-corrected chi connectivity index (χ4v) is 0.965. The normalized spacial score (nSPS) is 9.55. The lowest BCUT2D eigenvalue weighted by Gasteiger charge is -1.96. The second-order valence-electron chi connectivity index (χ2n) is 2.69. The van der Waals surface area contributed by atoms with Gasteiger partial charge in [0.2, 0.25) is 0 Å². The molecule has 11 heavy (non-hydrogen) atoms. The zero-order chi connectivity index (χ0) is 8.10. The van der Waals surface area contributed by atoms with E-state index >= 15 is 0 Å². The molecule has 0 atom stereocenters. The standard InChI is InChI=1S/C10H12O/c1-9(11)7-8-10-5-3-2-4-6-10/h2-6H,7-8H2,1H3/i1-1. The predicted octanol–water partition coefficient (Wildman–Crippen LogP) is 2.21. The average molecular weight is 147 g/mol. The molecule has 1 aromatic rings. The summed E-state index contributed by atoms with van der Waals surface area (Å²) in [7, 11) is 0. The van der Waals surface area contributed by atoms with Crippen LogP contribution in [0.2, 0.25) is 0 Å². The number of carbonyl (C=O) groups excluding carboxylic acids is 1. The van der Waals surface area contributed by atoms with Crippen LogP contribution in [0.3, 0.4) is 0 Å². The van der Waals surface area contributed by atoms with Crippen molar-refractivity contribution < 1.29 is 4.79 Å². The fraction of sp³-hybridized carbons (Fsp3) is 0.300. The SMILES string of the molecule is [11CH3]C(=O)CCc1ccccc1. The Bertz CT molecular complexity index is 226. The van der Waals surface area contributed by atoms with Gasteiger partial charge in [-0.25, -0.2) is 0 Å². The second kappa shape index (κ2) is 3.91. The number of aryl methyl sites for hydroxylation is 1. The molecule has 0 saturated heterocycles. The molecule has 58 valence electrons. The van der Waals surface area contributed by atoms with Gasteiger partial charge in [-0.05, 0) is 18.9 Å². The summed E-state index contributed by atoms with van der Waals surface area (Å²) in [6.07, 6.45) is 1.53. The van der Waals surface area contributed by atoms with Gasteiger partial charge in [0.15, 0.2) is 0 Å². The van der Waals surface area contributed by atoms with Crippen molar-refractivity contribution >= 4 is 5.78 Å². The Hall–Kier alpha value is -1.11. The van der Waals surface area contributed by atoms with E-state index in [0.717, 1.165) is 6.42 Å². The van der Waals surface area contributed by atoms with Crippen LogP contribution in [0.15, 0.2) is 30.3 Å². The van der Waals surface area contributed by atoms with Crippen LogP contribution >= 0.6 is 0 Å². The first-order valence-corrected chi connectivity index (χ1v) is 3.82. The van der Waals surface area contributed by atoms with Crippen molar-refractivity contribution in [3.8, 4) is 0 Å². The summed E-state index contributed by atoms with van der Waals surface area (Å²) in [5, 5.41) is 0. The maximum atomic E-state index is 10.6. The summed E-state index contributed by atoms with van der Waals surface area (Å²) in [5.74, 6) is 0.258. The molecule has 0 spiro atoms. The van der Waals surface area contributed by atoms with Crippen LogP contribution in [0, 0.1) is 0 Å². The van der Waals surface area contributed by atoms with Crippen molar-refractivity contribution in [1.82, 2.24) is 0 Å². The van der Waals surface area contributed by atoms with E-state index in [0.29, 0.717) is 6.42 Å². The molecule has 0 fully saturated rings. The summed E-state index contributed by atoms with van der Waals surface area (Å²) < 4.78 is 0. The number of rotatable bonds is 3. The molecule has 0 bridgehead atoms. The molecule has 0 heterocycles. The minimum atomic E-state index is 0.258. The third-order valence-electron chi connectivity index (χ3n) is 1.61. The Morgan fingerprint density at radius 3 is 2.45 bits per heavy atom. The van der Waals surface area contributed by atoms with Gasteiger partial charge in [0.1, 0.15) is 5.78 Å². The highest BCUT2D eigenvalue weighted by Gasteiger charge is 1.94. The van der Waals surface area contributed by atoms with Crippen LogP contribution in [0.25, 0.3) is 0 Å². The van der Waals surface area contributed by atoms with Crippen LogP contribution in [-0.2, 0) is 11.2 Å². The van der Waals surface area contributed by atoms with E-state index in [1.807, 2.05) is 30.3 Å². The predicted molar refractivity (Wildman–Crippen MR) is 45.4 cm³/mol. The molecule has 0 saturated carbocycles. The van der Waals surface area contributed by atoms with Crippen LogP contribution < -0.4 is 0 Å². The molecule has 1 rings (SSSR count). The van der Waals surface area contributed by atoms with E-state index in [2.05, 4.69) is 0 Å². The molecule has 0 aliphatic carbocycles. The van der Waals surface area contributed by atoms with Gasteiger partial charge in [0, 0.05) is 6.42 Å². The Balaban J connectivity index is 2.45. The first kappa shape index (κ1) is 7.99. The highest BCUT2D eigenvalue weighted by atomic mass is 16.1. The van der Waals surface area contributed by atoms with Gasteiger partial charge in [-0.15, -0.1) is 0 Å². The first-order chi connectivity index (χ1) is 5.29. The molecule has 0 unspecified atom stereocenters.